The lowest BCUT2D eigenvalue weighted by Gasteiger charge is -2.23. The molecule has 1 aromatic heterocycles. The zero-order valence-electron chi connectivity index (χ0n) is 10.3. The minimum absolute atomic E-state index is 0.713. The molecule has 0 radical (unpaired) electrons. The Bertz CT molecular complexity index is 555. The summed E-state index contributed by atoms with van der Waals surface area (Å²) in [6.07, 6.45) is 6.85. The van der Waals surface area contributed by atoms with Crippen LogP contribution < -0.4 is 0 Å². The number of rotatable bonds is 1. The number of fused-ring (bicyclic) bond motifs is 1. The average molecular weight is 226 g/mol. The summed E-state index contributed by atoms with van der Waals surface area (Å²) in [5, 5.41) is 5.56. The fourth-order valence-corrected chi connectivity index (χ4v) is 2.80. The molecule has 1 aliphatic rings. The Labute approximate surface area is 102 Å². The minimum Gasteiger partial charge on any atom is -0.268 e. The van der Waals surface area contributed by atoms with E-state index in [4.69, 9.17) is 0 Å². The lowest BCUT2D eigenvalue weighted by atomic mass is 9.82. The molecule has 1 heterocycles. The maximum absolute atomic E-state index is 4.30. The van der Waals surface area contributed by atoms with Crippen molar-refractivity contribution in [2.45, 2.75) is 31.6 Å². The third-order valence-electron chi connectivity index (χ3n) is 3.93. The molecule has 1 aliphatic carbocycles. The van der Waals surface area contributed by atoms with Crippen molar-refractivity contribution in [1.29, 1.82) is 0 Å². The smallest absolute Gasteiger partial charge is 0.0679 e. The summed E-state index contributed by atoms with van der Waals surface area (Å²) in [5.74, 6) is 0.713. The number of aromatic nitrogens is 2. The quantitative estimate of drug-likeness (QED) is 0.676. The number of aryl methyl sites for hydroxylation is 1. The number of hydrogen-bond donors (Lipinski definition) is 0. The van der Waals surface area contributed by atoms with Crippen LogP contribution in [0.25, 0.3) is 10.9 Å². The molecule has 2 heteroatoms. The van der Waals surface area contributed by atoms with Crippen LogP contribution in [0.2, 0.25) is 0 Å². The van der Waals surface area contributed by atoms with Gasteiger partial charge < -0.3 is 0 Å². The van der Waals surface area contributed by atoms with E-state index in [9.17, 15) is 0 Å². The Morgan fingerprint density at radius 3 is 2.82 bits per heavy atom. The largest absolute Gasteiger partial charge is 0.268 e. The summed E-state index contributed by atoms with van der Waals surface area (Å²) in [6, 6.07) is 6.77. The van der Waals surface area contributed by atoms with Crippen molar-refractivity contribution >= 4 is 10.9 Å². The molecule has 0 bridgehead atoms. The first kappa shape index (κ1) is 10.6. The monoisotopic (exact) mass is 226 g/mol. The lowest BCUT2D eigenvalue weighted by molar-refractivity contribution is 0.518. The molecule has 0 saturated heterocycles. The Morgan fingerprint density at radius 1 is 1.29 bits per heavy atom. The third-order valence-corrected chi connectivity index (χ3v) is 3.93. The Kier molecular flexibility index (Phi) is 2.50. The van der Waals surface area contributed by atoms with Gasteiger partial charge in [0, 0.05) is 12.4 Å². The molecule has 2 nitrogen and oxygen atoms in total. The van der Waals surface area contributed by atoms with Gasteiger partial charge in [-0.15, -0.1) is 0 Å². The maximum atomic E-state index is 4.30. The standard InChI is InChI=1S/C15H18N2/c1-11-3-5-12(6-4-11)13-7-8-15-14(9-13)10-16-17(15)2/h7-10,12H,1,3-6H2,2H3. The van der Waals surface area contributed by atoms with Crippen molar-refractivity contribution < 1.29 is 0 Å². The first-order chi connectivity index (χ1) is 8.24. The minimum atomic E-state index is 0.713. The van der Waals surface area contributed by atoms with Crippen LogP contribution in [-0.4, -0.2) is 9.78 Å². The molecule has 0 amide bonds. The second kappa shape index (κ2) is 4.02. The number of nitrogens with zero attached hydrogens (tertiary/aromatic N) is 2. The average Bonchev–Trinajstić information content (AvgIpc) is 2.72. The molecule has 1 aromatic carbocycles. The van der Waals surface area contributed by atoms with Gasteiger partial charge in [-0.1, -0.05) is 18.2 Å². The van der Waals surface area contributed by atoms with E-state index in [0.717, 1.165) is 0 Å². The predicted octanol–water partition coefficient (Wildman–Crippen LogP) is 3.79. The molecule has 2 aromatic rings. The first-order valence-corrected chi connectivity index (χ1v) is 6.32. The van der Waals surface area contributed by atoms with E-state index < -0.39 is 0 Å². The van der Waals surface area contributed by atoms with E-state index in [1.165, 1.54) is 47.7 Å². The molecule has 0 atom stereocenters. The van der Waals surface area contributed by atoms with Gasteiger partial charge in [0.1, 0.15) is 0 Å². The highest BCUT2D eigenvalue weighted by Crippen LogP contribution is 2.35. The third kappa shape index (κ3) is 1.88. The predicted molar refractivity (Wildman–Crippen MR) is 71.1 cm³/mol. The van der Waals surface area contributed by atoms with Gasteiger partial charge in [-0.25, -0.2) is 0 Å². The van der Waals surface area contributed by atoms with E-state index in [1.807, 2.05) is 17.9 Å². The van der Waals surface area contributed by atoms with Crippen molar-refractivity contribution in [3.63, 3.8) is 0 Å². The van der Waals surface area contributed by atoms with Crippen LogP contribution in [0.15, 0.2) is 36.5 Å². The van der Waals surface area contributed by atoms with Crippen molar-refractivity contribution in [2.75, 3.05) is 0 Å². The Balaban J connectivity index is 1.92. The fourth-order valence-electron chi connectivity index (χ4n) is 2.80. The molecule has 0 N–H and O–H groups in total. The lowest BCUT2D eigenvalue weighted by Crippen LogP contribution is -2.05. The van der Waals surface area contributed by atoms with Crippen LogP contribution in [0.5, 0.6) is 0 Å². The molecular weight excluding hydrogens is 208 g/mol. The van der Waals surface area contributed by atoms with E-state index in [0.29, 0.717) is 5.92 Å². The molecule has 0 unspecified atom stereocenters. The Morgan fingerprint density at radius 2 is 2.06 bits per heavy atom. The summed E-state index contributed by atoms with van der Waals surface area (Å²) in [5.41, 5.74) is 4.11. The van der Waals surface area contributed by atoms with E-state index >= 15 is 0 Å². The van der Waals surface area contributed by atoms with Crippen LogP contribution in [-0.2, 0) is 7.05 Å². The normalized spacial score (nSPS) is 17.8. The maximum Gasteiger partial charge on any atom is 0.0679 e. The van der Waals surface area contributed by atoms with Crippen LogP contribution >= 0.6 is 0 Å². The SMILES string of the molecule is C=C1CCC(c2ccc3c(cnn3C)c2)CC1. The second-order valence-corrected chi connectivity index (χ2v) is 5.11. The topological polar surface area (TPSA) is 17.8 Å². The molecule has 1 fully saturated rings. The van der Waals surface area contributed by atoms with Crippen LogP contribution in [0.4, 0.5) is 0 Å². The van der Waals surface area contributed by atoms with Crippen LogP contribution in [0.1, 0.15) is 37.2 Å². The second-order valence-electron chi connectivity index (χ2n) is 5.11. The summed E-state index contributed by atoms with van der Waals surface area (Å²) in [6.45, 7) is 4.08. The van der Waals surface area contributed by atoms with Gasteiger partial charge in [-0.2, -0.15) is 5.10 Å². The van der Waals surface area contributed by atoms with Crippen molar-refractivity contribution in [2.24, 2.45) is 7.05 Å². The molecule has 0 aliphatic heterocycles. The first-order valence-electron chi connectivity index (χ1n) is 6.32. The summed E-state index contributed by atoms with van der Waals surface area (Å²) >= 11 is 0. The van der Waals surface area contributed by atoms with Gasteiger partial charge in [-0.05, 0) is 49.3 Å². The van der Waals surface area contributed by atoms with Gasteiger partial charge in [0.2, 0.25) is 0 Å². The molecule has 88 valence electrons. The molecular formula is C15H18N2. The van der Waals surface area contributed by atoms with E-state index in [1.54, 1.807) is 0 Å². The van der Waals surface area contributed by atoms with Gasteiger partial charge in [0.25, 0.3) is 0 Å². The summed E-state index contributed by atoms with van der Waals surface area (Å²) < 4.78 is 1.93. The van der Waals surface area contributed by atoms with Gasteiger partial charge in [0.05, 0.1) is 11.7 Å². The van der Waals surface area contributed by atoms with Gasteiger partial charge >= 0.3 is 0 Å². The highest BCUT2D eigenvalue weighted by molar-refractivity contribution is 5.79. The van der Waals surface area contributed by atoms with Crippen molar-refractivity contribution in [3.8, 4) is 0 Å². The molecule has 17 heavy (non-hydrogen) atoms. The molecule has 3 rings (SSSR count). The van der Waals surface area contributed by atoms with E-state index in [2.05, 4.69) is 29.9 Å². The number of benzene rings is 1. The highest BCUT2D eigenvalue weighted by atomic mass is 15.2. The van der Waals surface area contributed by atoms with Crippen molar-refractivity contribution in [1.82, 2.24) is 9.78 Å². The molecule has 1 saturated carbocycles. The van der Waals surface area contributed by atoms with Crippen LogP contribution in [0.3, 0.4) is 0 Å². The zero-order valence-corrected chi connectivity index (χ0v) is 10.3. The number of hydrogen-bond acceptors (Lipinski definition) is 1. The highest BCUT2D eigenvalue weighted by Gasteiger charge is 2.17. The number of allylic oxidation sites excluding steroid dienone is 1. The molecule has 0 spiro atoms. The summed E-state index contributed by atoms with van der Waals surface area (Å²) in [7, 11) is 1.99. The zero-order chi connectivity index (χ0) is 11.8. The Hall–Kier alpha value is -1.57. The van der Waals surface area contributed by atoms with Crippen LogP contribution in [0, 0.1) is 0 Å². The summed E-state index contributed by atoms with van der Waals surface area (Å²) in [4.78, 5) is 0. The fraction of sp³-hybridized carbons (Fsp3) is 0.400. The van der Waals surface area contributed by atoms with Gasteiger partial charge in [0.15, 0.2) is 0 Å². The van der Waals surface area contributed by atoms with E-state index in [-0.39, 0.29) is 0 Å². The van der Waals surface area contributed by atoms with Gasteiger partial charge in [-0.3, -0.25) is 4.68 Å². The van der Waals surface area contributed by atoms with Crippen molar-refractivity contribution in [3.05, 3.63) is 42.1 Å².